The van der Waals surface area contributed by atoms with E-state index in [0.717, 1.165) is 64.2 Å². The van der Waals surface area contributed by atoms with E-state index in [0.29, 0.717) is 26.1 Å². The van der Waals surface area contributed by atoms with Gasteiger partial charge in [-0.3, -0.25) is 9.59 Å². The van der Waals surface area contributed by atoms with Crippen molar-refractivity contribution in [3.63, 3.8) is 0 Å². The Labute approximate surface area is 164 Å². The summed E-state index contributed by atoms with van der Waals surface area (Å²) in [5, 5.41) is 0. The van der Waals surface area contributed by atoms with E-state index in [1.807, 2.05) is 0 Å². The fourth-order valence-corrected chi connectivity index (χ4v) is 2.05. The summed E-state index contributed by atoms with van der Waals surface area (Å²) >= 11 is 0. The van der Waals surface area contributed by atoms with Gasteiger partial charge in [0.25, 0.3) is 0 Å². The molecule has 0 atom stereocenters. The van der Waals surface area contributed by atoms with Crippen molar-refractivity contribution in [3.05, 3.63) is 0 Å². The number of hydrogen-bond acceptors (Lipinski definition) is 4. The molecule has 0 aliphatic carbocycles. The van der Waals surface area contributed by atoms with Gasteiger partial charge in [-0.2, -0.15) is 0 Å². The molecular weight excluding hydrogens is 303 g/mol. The maximum absolute atomic E-state index is 11.4. The van der Waals surface area contributed by atoms with Crippen LogP contribution in [-0.2, 0) is 19.1 Å². The number of carbonyl (C=O) groups is 2. The predicted molar refractivity (Wildman–Crippen MR) is 95.8 cm³/mol. The zero-order valence-corrected chi connectivity index (χ0v) is 14.5. The number of ether oxygens (including phenoxy) is 2. The van der Waals surface area contributed by atoms with Crippen LogP contribution in [0.15, 0.2) is 0 Å². The summed E-state index contributed by atoms with van der Waals surface area (Å²) in [7, 11) is 0. The Balaban J connectivity index is 0. The first-order valence-corrected chi connectivity index (χ1v) is 9.02. The Morgan fingerprint density at radius 1 is 0.609 bits per heavy atom. The third-order valence-electron chi connectivity index (χ3n) is 3.53. The number of hydrogen-bond donors (Lipinski definition) is 0. The molecule has 0 aromatic carbocycles. The van der Waals surface area contributed by atoms with Crippen molar-refractivity contribution in [1.82, 2.24) is 0 Å². The van der Waals surface area contributed by atoms with Gasteiger partial charge in [-0.15, -0.1) is 0 Å². The predicted octanol–water partition coefficient (Wildman–Crippen LogP) is 4.15. The Kier molecular flexibility index (Phi) is 21.9. The summed E-state index contributed by atoms with van der Waals surface area (Å²) in [6.07, 6.45) is 11.3. The van der Waals surface area contributed by atoms with Crippen molar-refractivity contribution >= 4 is 41.5 Å². The summed E-state index contributed by atoms with van der Waals surface area (Å²) in [6.45, 7) is 5.28. The van der Waals surface area contributed by atoms with Gasteiger partial charge in [0.2, 0.25) is 0 Å². The average molecular weight is 338 g/mol. The van der Waals surface area contributed by atoms with Crippen molar-refractivity contribution in [3.8, 4) is 0 Å². The van der Waals surface area contributed by atoms with Gasteiger partial charge >= 0.3 is 41.5 Å². The maximum atomic E-state index is 11.4. The molecular formula is C18H35NaO4. The third-order valence-corrected chi connectivity index (χ3v) is 3.53. The standard InChI is InChI=1S/C18H34O4.Na.H/c1-3-5-15-21-17(19)13-11-9-7-8-10-12-14-18(20)22-16-6-4-2;;/h3-16H2,1-2H3;;. The molecule has 0 saturated carbocycles. The van der Waals surface area contributed by atoms with Crippen LogP contribution < -0.4 is 0 Å². The van der Waals surface area contributed by atoms with Crippen molar-refractivity contribution < 1.29 is 19.1 Å². The van der Waals surface area contributed by atoms with E-state index in [-0.39, 0.29) is 41.5 Å². The van der Waals surface area contributed by atoms with E-state index in [1.54, 1.807) is 0 Å². The van der Waals surface area contributed by atoms with E-state index in [9.17, 15) is 9.59 Å². The van der Waals surface area contributed by atoms with Gasteiger partial charge in [-0.25, -0.2) is 0 Å². The molecule has 0 unspecified atom stereocenters. The Morgan fingerprint density at radius 3 is 1.30 bits per heavy atom. The molecule has 0 aromatic rings. The summed E-state index contributed by atoms with van der Waals surface area (Å²) in [4.78, 5) is 22.7. The molecule has 0 spiro atoms. The molecule has 0 radical (unpaired) electrons. The van der Waals surface area contributed by atoms with Crippen molar-refractivity contribution in [2.75, 3.05) is 13.2 Å². The molecule has 0 N–H and O–H groups in total. The second-order valence-electron chi connectivity index (χ2n) is 5.77. The van der Waals surface area contributed by atoms with Crippen LogP contribution in [0.3, 0.4) is 0 Å². The second-order valence-corrected chi connectivity index (χ2v) is 5.77. The Bertz CT molecular complexity index is 254. The number of rotatable bonds is 15. The summed E-state index contributed by atoms with van der Waals surface area (Å²) in [5.74, 6) is -0.133. The molecule has 0 aliphatic heterocycles. The fraction of sp³-hybridized carbons (Fsp3) is 0.889. The number of carbonyl (C=O) groups excluding carboxylic acids is 2. The Morgan fingerprint density at radius 2 is 0.957 bits per heavy atom. The van der Waals surface area contributed by atoms with Crippen molar-refractivity contribution in [2.24, 2.45) is 0 Å². The average Bonchev–Trinajstić information content (AvgIpc) is 2.50. The van der Waals surface area contributed by atoms with Crippen LogP contribution in [0.1, 0.15) is 90.9 Å². The van der Waals surface area contributed by atoms with Crippen molar-refractivity contribution in [2.45, 2.75) is 90.9 Å². The van der Waals surface area contributed by atoms with E-state index >= 15 is 0 Å². The monoisotopic (exact) mass is 338 g/mol. The first-order chi connectivity index (χ1) is 10.7. The van der Waals surface area contributed by atoms with Crippen LogP contribution in [-0.4, -0.2) is 54.7 Å². The van der Waals surface area contributed by atoms with Crippen molar-refractivity contribution in [1.29, 1.82) is 0 Å². The molecule has 23 heavy (non-hydrogen) atoms. The van der Waals surface area contributed by atoms with Gasteiger partial charge in [-0.1, -0.05) is 52.4 Å². The zero-order chi connectivity index (χ0) is 16.5. The molecule has 0 aromatic heterocycles. The van der Waals surface area contributed by atoms with Gasteiger partial charge in [0.1, 0.15) is 0 Å². The Hall–Kier alpha value is -0.0600. The third kappa shape index (κ3) is 19.9. The van der Waals surface area contributed by atoms with Gasteiger partial charge < -0.3 is 9.47 Å². The van der Waals surface area contributed by atoms with Gasteiger partial charge in [0, 0.05) is 12.8 Å². The van der Waals surface area contributed by atoms with E-state index in [1.165, 1.54) is 0 Å². The molecule has 0 bridgehead atoms. The molecule has 0 rings (SSSR count). The first kappa shape index (κ1) is 25.2. The van der Waals surface area contributed by atoms with Crippen LogP contribution in [0.4, 0.5) is 0 Å². The van der Waals surface area contributed by atoms with Crippen LogP contribution in [0, 0.1) is 0 Å². The number of esters is 2. The van der Waals surface area contributed by atoms with Gasteiger partial charge in [-0.05, 0) is 25.7 Å². The molecule has 0 amide bonds. The quantitative estimate of drug-likeness (QED) is 0.256. The SMILES string of the molecule is CCCCOC(=O)CCCCCCCCC(=O)OCCCC.[NaH]. The minimum absolute atomic E-state index is 0. The summed E-state index contributed by atoms with van der Waals surface area (Å²) in [5.41, 5.74) is 0. The fourth-order valence-electron chi connectivity index (χ4n) is 2.05. The molecule has 0 aliphatic rings. The topological polar surface area (TPSA) is 52.6 Å². The normalized spacial score (nSPS) is 10.0. The first-order valence-electron chi connectivity index (χ1n) is 9.02. The minimum atomic E-state index is -0.0664. The second kappa shape index (κ2) is 20.0. The molecule has 132 valence electrons. The molecule has 4 nitrogen and oxygen atoms in total. The van der Waals surface area contributed by atoms with E-state index < -0.39 is 0 Å². The van der Waals surface area contributed by atoms with Crippen LogP contribution in [0.2, 0.25) is 0 Å². The summed E-state index contributed by atoms with van der Waals surface area (Å²) < 4.78 is 10.2. The van der Waals surface area contributed by atoms with Crippen LogP contribution >= 0.6 is 0 Å². The number of unbranched alkanes of at least 4 members (excludes halogenated alkanes) is 7. The molecule has 5 heteroatoms. The van der Waals surface area contributed by atoms with E-state index in [4.69, 9.17) is 9.47 Å². The zero-order valence-electron chi connectivity index (χ0n) is 14.5. The van der Waals surface area contributed by atoms with E-state index in [2.05, 4.69) is 13.8 Å². The molecule has 0 fully saturated rings. The molecule has 0 heterocycles. The van der Waals surface area contributed by atoms with Crippen LogP contribution in [0.5, 0.6) is 0 Å². The van der Waals surface area contributed by atoms with Crippen LogP contribution in [0.25, 0.3) is 0 Å². The van der Waals surface area contributed by atoms with Gasteiger partial charge in [0.15, 0.2) is 0 Å². The molecule has 0 saturated heterocycles. The summed E-state index contributed by atoms with van der Waals surface area (Å²) in [6, 6.07) is 0. The van der Waals surface area contributed by atoms with Gasteiger partial charge in [0.05, 0.1) is 13.2 Å².